The molecule has 1 saturated carbocycles. The van der Waals surface area contributed by atoms with Gasteiger partial charge in [-0.2, -0.15) is 0 Å². The van der Waals surface area contributed by atoms with Crippen molar-refractivity contribution < 1.29 is 9.84 Å². The minimum Gasteiger partial charge on any atom is -0.386 e. The Labute approximate surface area is 86.6 Å². The molecule has 2 atom stereocenters. The van der Waals surface area contributed by atoms with Crippen LogP contribution < -0.4 is 5.73 Å². The maximum absolute atomic E-state index is 10.1. The summed E-state index contributed by atoms with van der Waals surface area (Å²) in [6.45, 7) is 6.96. The Morgan fingerprint density at radius 1 is 1.43 bits per heavy atom. The van der Waals surface area contributed by atoms with Crippen molar-refractivity contribution in [3.8, 4) is 0 Å². The van der Waals surface area contributed by atoms with Gasteiger partial charge >= 0.3 is 0 Å². The Morgan fingerprint density at radius 2 is 2.00 bits per heavy atom. The normalized spacial score (nSPS) is 23.6. The molecule has 0 spiro atoms. The van der Waals surface area contributed by atoms with Crippen LogP contribution in [-0.2, 0) is 4.74 Å². The van der Waals surface area contributed by atoms with Gasteiger partial charge in [-0.1, -0.05) is 13.8 Å². The van der Waals surface area contributed by atoms with Crippen LogP contribution in [0.25, 0.3) is 0 Å². The third kappa shape index (κ3) is 2.94. The van der Waals surface area contributed by atoms with Crippen molar-refractivity contribution in [3.63, 3.8) is 0 Å². The van der Waals surface area contributed by atoms with E-state index >= 15 is 0 Å². The maximum atomic E-state index is 10.1. The second-order valence-electron chi connectivity index (χ2n) is 4.84. The summed E-state index contributed by atoms with van der Waals surface area (Å²) in [5.74, 6) is 0.850. The molecule has 3 N–H and O–H groups in total. The highest BCUT2D eigenvalue weighted by molar-refractivity contribution is 4.95. The Kier molecular flexibility index (Phi) is 3.93. The third-order valence-corrected chi connectivity index (χ3v) is 3.23. The molecule has 3 heteroatoms. The van der Waals surface area contributed by atoms with E-state index in [1.807, 2.05) is 6.92 Å². The van der Waals surface area contributed by atoms with Gasteiger partial charge in [0, 0.05) is 6.54 Å². The lowest BCUT2D eigenvalue weighted by Crippen LogP contribution is -2.45. The average molecular weight is 201 g/mol. The fourth-order valence-electron chi connectivity index (χ4n) is 1.43. The average Bonchev–Trinajstić information content (AvgIpc) is 2.96. The standard InChI is InChI=1S/C11H23NO2/c1-8(2)9(3)14-7-11(13,6-12)10-4-5-10/h8-10,13H,4-7,12H2,1-3H3. The van der Waals surface area contributed by atoms with Crippen molar-refractivity contribution in [1.29, 1.82) is 0 Å². The zero-order valence-corrected chi connectivity index (χ0v) is 9.49. The highest BCUT2D eigenvalue weighted by atomic mass is 16.5. The minimum atomic E-state index is -0.775. The Hall–Kier alpha value is -0.120. The molecule has 0 heterocycles. The van der Waals surface area contributed by atoms with E-state index in [4.69, 9.17) is 10.5 Å². The number of aliphatic hydroxyl groups is 1. The van der Waals surface area contributed by atoms with Gasteiger partial charge in [-0.15, -0.1) is 0 Å². The van der Waals surface area contributed by atoms with Gasteiger partial charge in [-0.25, -0.2) is 0 Å². The van der Waals surface area contributed by atoms with Gasteiger partial charge in [0.1, 0.15) is 5.60 Å². The van der Waals surface area contributed by atoms with E-state index in [1.54, 1.807) is 0 Å². The fourth-order valence-corrected chi connectivity index (χ4v) is 1.43. The van der Waals surface area contributed by atoms with Crippen LogP contribution in [0.1, 0.15) is 33.6 Å². The summed E-state index contributed by atoms with van der Waals surface area (Å²) in [4.78, 5) is 0. The lowest BCUT2D eigenvalue weighted by atomic mass is 9.99. The van der Waals surface area contributed by atoms with Gasteiger partial charge in [-0.3, -0.25) is 0 Å². The minimum absolute atomic E-state index is 0.187. The van der Waals surface area contributed by atoms with Crippen LogP contribution in [0.2, 0.25) is 0 Å². The van der Waals surface area contributed by atoms with Gasteiger partial charge in [0.2, 0.25) is 0 Å². The third-order valence-electron chi connectivity index (χ3n) is 3.23. The summed E-state index contributed by atoms with van der Waals surface area (Å²) in [5, 5.41) is 10.1. The van der Waals surface area contributed by atoms with E-state index < -0.39 is 5.60 Å². The highest BCUT2D eigenvalue weighted by Gasteiger charge is 2.43. The van der Waals surface area contributed by atoms with Crippen molar-refractivity contribution in [1.82, 2.24) is 0 Å². The summed E-state index contributed by atoms with van der Waals surface area (Å²) in [5.41, 5.74) is 4.81. The number of hydrogen-bond acceptors (Lipinski definition) is 3. The van der Waals surface area contributed by atoms with Gasteiger partial charge in [0.25, 0.3) is 0 Å². The smallest absolute Gasteiger partial charge is 0.103 e. The van der Waals surface area contributed by atoms with E-state index in [0.29, 0.717) is 25.0 Å². The number of hydrogen-bond donors (Lipinski definition) is 2. The van der Waals surface area contributed by atoms with Crippen molar-refractivity contribution in [2.45, 2.75) is 45.3 Å². The molecular weight excluding hydrogens is 178 g/mol. The van der Waals surface area contributed by atoms with E-state index in [1.165, 1.54) is 0 Å². The Morgan fingerprint density at radius 3 is 2.36 bits per heavy atom. The topological polar surface area (TPSA) is 55.5 Å². The first kappa shape index (κ1) is 12.0. The lowest BCUT2D eigenvalue weighted by molar-refractivity contribution is -0.0852. The highest BCUT2D eigenvalue weighted by Crippen LogP contribution is 2.39. The lowest BCUT2D eigenvalue weighted by Gasteiger charge is -2.29. The van der Waals surface area contributed by atoms with Crippen LogP contribution in [0.3, 0.4) is 0 Å². The van der Waals surface area contributed by atoms with Crippen LogP contribution >= 0.6 is 0 Å². The monoisotopic (exact) mass is 201 g/mol. The van der Waals surface area contributed by atoms with Crippen molar-refractivity contribution in [2.75, 3.05) is 13.2 Å². The van der Waals surface area contributed by atoms with Gasteiger partial charge in [0.05, 0.1) is 12.7 Å². The quantitative estimate of drug-likeness (QED) is 0.677. The predicted octanol–water partition coefficient (Wildman–Crippen LogP) is 1.15. The molecule has 0 amide bonds. The van der Waals surface area contributed by atoms with Crippen LogP contribution in [-0.4, -0.2) is 30.0 Å². The Bertz CT molecular complexity index is 180. The summed E-state index contributed by atoms with van der Waals surface area (Å²) in [6.07, 6.45) is 2.37. The molecule has 2 unspecified atom stereocenters. The SMILES string of the molecule is CC(C)C(C)OCC(O)(CN)C1CC1. The van der Waals surface area contributed by atoms with E-state index in [0.717, 1.165) is 12.8 Å². The molecule has 1 aliphatic rings. The molecule has 84 valence electrons. The maximum Gasteiger partial charge on any atom is 0.103 e. The molecule has 1 rings (SSSR count). The first-order valence-electron chi connectivity index (χ1n) is 5.53. The molecule has 0 radical (unpaired) electrons. The number of ether oxygens (including phenoxy) is 1. The van der Waals surface area contributed by atoms with Gasteiger partial charge < -0.3 is 15.6 Å². The molecule has 0 bridgehead atoms. The van der Waals surface area contributed by atoms with Gasteiger partial charge in [0.15, 0.2) is 0 Å². The molecule has 3 nitrogen and oxygen atoms in total. The molecular formula is C11H23NO2. The molecule has 0 aromatic heterocycles. The van der Waals surface area contributed by atoms with E-state index in [9.17, 15) is 5.11 Å². The molecule has 14 heavy (non-hydrogen) atoms. The zero-order chi connectivity index (χ0) is 10.8. The van der Waals surface area contributed by atoms with Crippen LogP contribution in [0.5, 0.6) is 0 Å². The molecule has 1 fully saturated rings. The fraction of sp³-hybridized carbons (Fsp3) is 1.00. The van der Waals surface area contributed by atoms with Crippen molar-refractivity contribution >= 4 is 0 Å². The predicted molar refractivity (Wildman–Crippen MR) is 57.0 cm³/mol. The second kappa shape index (κ2) is 4.60. The van der Waals surface area contributed by atoms with Crippen LogP contribution in [0.15, 0.2) is 0 Å². The summed E-state index contributed by atoms with van der Waals surface area (Å²) in [7, 11) is 0. The molecule has 1 aliphatic carbocycles. The summed E-state index contributed by atoms with van der Waals surface area (Å²) < 4.78 is 5.63. The molecule has 0 aromatic carbocycles. The van der Waals surface area contributed by atoms with E-state index in [2.05, 4.69) is 13.8 Å². The summed E-state index contributed by atoms with van der Waals surface area (Å²) >= 11 is 0. The first-order valence-corrected chi connectivity index (χ1v) is 5.53. The second-order valence-corrected chi connectivity index (χ2v) is 4.84. The molecule has 0 aromatic rings. The van der Waals surface area contributed by atoms with Gasteiger partial charge in [-0.05, 0) is 31.6 Å². The number of nitrogens with two attached hydrogens (primary N) is 1. The largest absolute Gasteiger partial charge is 0.386 e. The Balaban J connectivity index is 2.33. The molecule has 0 saturated heterocycles. The number of rotatable bonds is 6. The molecule has 0 aliphatic heterocycles. The summed E-state index contributed by atoms with van der Waals surface area (Å²) in [6, 6.07) is 0. The van der Waals surface area contributed by atoms with E-state index in [-0.39, 0.29) is 6.10 Å². The zero-order valence-electron chi connectivity index (χ0n) is 9.49. The first-order chi connectivity index (χ1) is 6.49. The van der Waals surface area contributed by atoms with Crippen molar-refractivity contribution in [2.24, 2.45) is 17.6 Å². The van der Waals surface area contributed by atoms with Crippen LogP contribution in [0, 0.1) is 11.8 Å². The van der Waals surface area contributed by atoms with Crippen LogP contribution in [0.4, 0.5) is 0 Å². The van der Waals surface area contributed by atoms with Crippen molar-refractivity contribution in [3.05, 3.63) is 0 Å².